The standard InChI is InChI=1S/C21H22N4O2/c1-14(26)22-12-15-9-10-25-20(11-15)18(13-23-25)21(27)24-19-8-4-6-16-5-2-3-7-17(16)19/h2-8,13,15H,9-12H2,1H3,(H,22,26)(H,24,27). The van der Waals surface area contributed by atoms with E-state index in [-0.39, 0.29) is 11.8 Å². The van der Waals surface area contributed by atoms with Crippen LogP contribution in [0.1, 0.15) is 29.4 Å². The first-order chi connectivity index (χ1) is 13.1. The van der Waals surface area contributed by atoms with Crippen molar-refractivity contribution >= 4 is 28.3 Å². The maximum absolute atomic E-state index is 12.9. The lowest BCUT2D eigenvalue weighted by Crippen LogP contribution is -2.32. The number of nitrogens with one attached hydrogen (secondary N) is 2. The van der Waals surface area contributed by atoms with E-state index in [1.807, 2.05) is 47.1 Å². The highest BCUT2D eigenvalue weighted by Crippen LogP contribution is 2.26. The molecular weight excluding hydrogens is 340 g/mol. The second kappa shape index (κ2) is 7.23. The summed E-state index contributed by atoms with van der Waals surface area (Å²) >= 11 is 0. The van der Waals surface area contributed by atoms with Crippen LogP contribution >= 0.6 is 0 Å². The van der Waals surface area contributed by atoms with Crippen molar-refractivity contribution in [1.82, 2.24) is 15.1 Å². The van der Waals surface area contributed by atoms with Gasteiger partial charge < -0.3 is 10.6 Å². The van der Waals surface area contributed by atoms with Crippen molar-refractivity contribution in [3.8, 4) is 0 Å². The molecule has 0 aliphatic carbocycles. The normalized spacial score (nSPS) is 16.0. The maximum Gasteiger partial charge on any atom is 0.259 e. The summed E-state index contributed by atoms with van der Waals surface area (Å²) in [6, 6.07) is 13.9. The number of hydrogen-bond donors (Lipinski definition) is 2. The molecule has 2 N–H and O–H groups in total. The zero-order valence-corrected chi connectivity index (χ0v) is 15.2. The molecule has 0 saturated heterocycles. The van der Waals surface area contributed by atoms with E-state index < -0.39 is 0 Å². The number of carbonyl (C=O) groups excluding carboxylic acids is 2. The maximum atomic E-state index is 12.9. The number of anilines is 1. The van der Waals surface area contributed by atoms with Crippen LogP contribution in [0.5, 0.6) is 0 Å². The predicted octanol–water partition coefficient (Wildman–Crippen LogP) is 2.99. The van der Waals surface area contributed by atoms with Crippen LogP contribution in [0.25, 0.3) is 10.8 Å². The Labute approximate surface area is 157 Å². The summed E-state index contributed by atoms with van der Waals surface area (Å²) < 4.78 is 1.91. The lowest BCUT2D eigenvalue weighted by Gasteiger charge is -2.24. The molecule has 27 heavy (non-hydrogen) atoms. The molecule has 1 atom stereocenters. The van der Waals surface area contributed by atoms with Gasteiger partial charge in [0.05, 0.1) is 17.5 Å². The predicted molar refractivity (Wildman–Crippen MR) is 105 cm³/mol. The van der Waals surface area contributed by atoms with E-state index in [0.29, 0.717) is 18.0 Å². The lowest BCUT2D eigenvalue weighted by atomic mass is 9.94. The Balaban J connectivity index is 1.55. The number of carbonyl (C=O) groups is 2. The number of rotatable bonds is 4. The average Bonchev–Trinajstić information content (AvgIpc) is 3.10. The third-order valence-corrected chi connectivity index (χ3v) is 5.10. The highest BCUT2D eigenvalue weighted by Gasteiger charge is 2.25. The van der Waals surface area contributed by atoms with Crippen LogP contribution in [0.3, 0.4) is 0 Å². The van der Waals surface area contributed by atoms with Crippen LogP contribution in [0, 0.1) is 5.92 Å². The highest BCUT2D eigenvalue weighted by molar-refractivity contribution is 6.09. The number of aromatic nitrogens is 2. The fraction of sp³-hybridized carbons (Fsp3) is 0.286. The third kappa shape index (κ3) is 3.56. The number of amides is 2. The Hall–Kier alpha value is -3.15. The second-order valence-electron chi connectivity index (χ2n) is 7.00. The van der Waals surface area contributed by atoms with Crippen molar-refractivity contribution < 1.29 is 9.59 Å². The number of hydrogen-bond acceptors (Lipinski definition) is 3. The van der Waals surface area contributed by atoms with Gasteiger partial charge in [-0.1, -0.05) is 36.4 Å². The van der Waals surface area contributed by atoms with Crippen LogP contribution in [0.4, 0.5) is 5.69 Å². The number of aryl methyl sites for hydroxylation is 1. The first-order valence-electron chi connectivity index (χ1n) is 9.20. The molecule has 0 fully saturated rings. The van der Waals surface area contributed by atoms with E-state index in [2.05, 4.69) is 15.7 Å². The number of benzene rings is 2. The Morgan fingerprint density at radius 1 is 1.19 bits per heavy atom. The van der Waals surface area contributed by atoms with Gasteiger partial charge in [-0.3, -0.25) is 14.3 Å². The van der Waals surface area contributed by atoms with Gasteiger partial charge >= 0.3 is 0 Å². The Kier molecular flexibility index (Phi) is 4.62. The lowest BCUT2D eigenvalue weighted by molar-refractivity contribution is -0.119. The zero-order chi connectivity index (χ0) is 18.8. The molecule has 6 nitrogen and oxygen atoms in total. The molecule has 3 aromatic rings. The van der Waals surface area contributed by atoms with E-state index in [1.54, 1.807) is 6.20 Å². The second-order valence-corrected chi connectivity index (χ2v) is 7.00. The van der Waals surface area contributed by atoms with Gasteiger partial charge in [0, 0.05) is 31.1 Å². The minimum Gasteiger partial charge on any atom is -0.356 e. The van der Waals surface area contributed by atoms with Crippen LogP contribution in [0.2, 0.25) is 0 Å². The van der Waals surface area contributed by atoms with Crippen LogP contribution in [0.15, 0.2) is 48.7 Å². The molecule has 1 unspecified atom stereocenters. The van der Waals surface area contributed by atoms with E-state index in [9.17, 15) is 9.59 Å². The van der Waals surface area contributed by atoms with Gasteiger partial charge in [-0.2, -0.15) is 5.10 Å². The fourth-order valence-corrected chi connectivity index (χ4v) is 3.68. The molecular formula is C21H22N4O2. The van der Waals surface area contributed by atoms with Crippen molar-refractivity contribution in [2.45, 2.75) is 26.3 Å². The van der Waals surface area contributed by atoms with Crippen molar-refractivity contribution in [3.05, 3.63) is 59.9 Å². The minimum atomic E-state index is -0.146. The average molecular weight is 362 g/mol. The molecule has 0 radical (unpaired) electrons. The van der Waals surface area contributed by atoms with Crippen molar-refractivity contribution in [2.24, 2.45) is 5.92 Å². The fourth-order valence-electron chi connectivity index (χ4n) is 3.68. The molecule has 4 rings (SSSR count). The topological polar surface area (TPSA) is 76.0 Å². The number of nitrogens with zero attached hydrogens (tertiary/aromatic N) is 2. The molecule has 2 heterocycles. The quantitative estimate of drug-likeness (QED) is 0.749. The minimum absolute atomic E-state index is 0.0250. The van der Waals surface area contributed by atoms with E-state index in [1.165, 1.54) is 6.92 Å². The summed E-state index contributed by atoms with van der Waals surface area (Å²) in [6.07, 6.45) is 3.33. The molecule has 2 amide bonds. The van der Waals surface area contributed by atoms with Gasteiger partial charge in [-0.15, -0.1) is 0 Å². The smallest absolute Gasteiger partial charge is 0.259 e. The monoisotopic (exact) mass is 362 g/mol. The zero-order valence-electron chi connectivity index (χ0n) is 15.2. The molecule has 1 aliphatic rings. The van der Waals surface area contributed by atoms with Crippen molar-refractivity contribution in [3.63, 3.8) is 0 Å². The molecule has 0 saturated carbocycles. The van der Waals surface area contributed by atoms with Gasteiger partial charge in [-0.05, 0) is 30.2 Å². The van der Waals surface area contributed by atoms with E-state index >= 15 is 0 Å². The summed E-state index contributed by atoms with van der Waals surface area (Å²) in [4.78, 5) is 24.1. The molecule has 0 spiro atoms. The summed E-state index contributed by atoms with van der Waals surface area (Å²) in [5.74, 6) is 0.151. The van der Waals surface area contributed by atoms with E-state index in [4.69, 9.17) is 0 Å². The molecule has 6 heteroatoms. The Morgan fingerprint density at radius 2 is 2.00 bits per heavy atom. The molecule has 1 aromatic heterocycles. The van der Waals surface area contributed by atoms with Crippen molar-refractivity contribution in [2.75, 3.05) is 11.9 Å². The largest absolute Gasteiger partial charge is 0.356 e. The summed E-state index contributed by atoms with van der Waals surface area (Å²) in [5, 5.41) is 12.4. The summed E-state index contributed by atoms with van der Waals surface area (Å²) in [7, 11) is 0. The summed E-state index contributed by atoms with van der Waals surface area (Å²) in [6.45, 7) is 2.92. The first kappa shape index (κ1) is 17.3. The van der Waals surface area contributed by atoms with Gasteiger partial charge in [-0.25, -0.2) is 0 Å². The van der Waals surface area contributed by atoms with Gasteiger partial charge in [0.15, 0.2) is 0 Å². The molecule has 1 aliphatic heterocycles. The van der Waals surface area contributed by atoms with E-state index in [0.717, 1.165) is 41.5 Å². The Morgan fingerprint density at radius 3 is 2.85 bits per heavy atom. The van der Waals surface area contributed by atoms with Crippen LogP contribution in [-0.2, 0) is 17.8 Å². The van der Waals surface area contributed by atoms with Gasteiger partial charge in [0.25, 0.3) is 5.91 Å². The first-order valence-corrected chi connectivity index (χ1v) is 9.20. The third-order valence-electron chi connectivity index (χ3n) is 5.10. The number of fused-ring (bicyclic) bond motifs is 2. The molecule has 2 aromatic carbocycles. The Bertz CT molecular complexity index is 1000. The highest BCUT2D eigenvalue weighted by atomic mass is 16.2. The van der Waals surface area contributed by atoms with Crippen LogP contribution < -0.4 is 10.6 Å². The molecule has 0 bridgehead atoms. The van der Waals surface area contributed by atoms with Crippen molar-refractivity contribution in [1.29, 1.82) is 0 Å². The SMILES string of the molecule is CC(=O)NCC1CCn2ncc(C(=O)Nc3cccc4ccccc34)c2C1. The van der Waals surface area contributed by atoms with Crippen LogP contribution in [-0.4, -0.2) is 28.1 Å². The van der Waals surface area contributed by atoms with Gasteiger partial charge in [0.1, 0.15) is 0 Å². The molecule has 138 valence electrons. The van der Waals surface area contributed by atoms with Gasteiger partial charge in [0.2, 0.25) is 5.91 Å². The summed E-state index contributed by atoms with van der Waals surface area (Å²) in [5.41, 5.74) is 2.34.